The van der Waals surface area contributed by atoms with Crippen molar-refractivity contribution in [3.8, 4) is 17.1 Å². The summed E-state index contributed by atoms with van der Waals surface area (Å²) in [4.78, 5) is 17.6. The van der Waals surface area contributed by atoms with Gasteiger partial charge in [0.1, 0.15) is 5.75 Å². The van der Waals surface area contributed by atoms with Gasteiger partial charge in [0.05, 0.1) is 12.8 Å². The number of benzene rings is 2. The topological polar surface area (TPSA) is 70.8 Å². The van der Waals surface area contributed by atoms with Crippen LogP contribution in [0.15, 0.2) is 65.2 Å². The Morgan fingerprint density at radius 2 is 1.83 bits per heavy atom. The number of nitrogens with zero attached hydrogens (tertiary/aromatic N) is 3. The molecular weight excluding hydrogens is 440 g/mol. The number of rotatable bonds is 7. The van der Waals surface area contributed by atoms with Crippen LogP contribution in [0.1, 0.15) is 18.5 Å². The molecule has 2 unspecified atom stereocenters. The van der Waals surface area contributed by atoms with Crippen molar-refractivity contribution in [3.63, 3.8) is 0 Å². The zero-order valence-corrected chi connectivity index (χ0v) is 20.4. The number of amides is 1. The number of piperazine rings is 1. The molecule has 7 heteroatoms. The first-order valence-electron chi connectivity index (χ1n) is 12.6. The van der Waals surface area contributed by atoms with Crippen LogP contribution in [0.4, 0.5) is 5.69 Å². The Morgan fingerprint density at radius 1 is 1.06 bits per heavy atom. The van der Waals surface area contributed by atoms with Crippen molar-refractivity contribution in [2.75, 3.05) is 51.3 Å². The van der Waals surface area contributed by atoms with Gasteiger partial charge in [-0.05, 0) is 74.2 Å². The van der Waals surface area contributed by atoms with Crippen molar-refractivity contribution >= 4 is 11.6 Å². The number of methoxy groups -OCH3 is 1. The molecule has 3 heterocycles. The first-order valence-corrected chi connectivity index (χ1v) is 12.6. The highest BCUT2D eigenvalue weighted by Gasteiger charge is 2.30. The van der Waals surface area contributed by atoms with Gasteiger partial charge in [-0.15, -0.1) is 0 Å². The van der Waals surface area contributed by atoms with E-state index in [0.717, 1.165) is 74.9 Å². The molecule has 0 aliphatic carbocycles. The van der Waals surface area contributed by atoms with Gasteiger partial charge in [0.2, 0.25) is 5.91 Å². The maximum atomic E-state index is 13.2. The molecule has 5 rings (SSSR count). The van der Waals surface area contributed by atoms with Crippen LogP contribution in [0.2, 0.25) is 0 Å². The Bertz CT molecular complexity index is 1090. The number of hydrogen-bond acceptors (Lipinski definition) is 6. The number of carbonyl (C=O) groups excluding carboxylic acids is 1. The van der Waals surface area contributed by atoms with Gasteiger partial charge < -0.3 is 24.4 Å². The van der Waals surface area contributed by atoms with Gasteiger partial charge in [0.15, 0.2) is 5.76 Å². The normalized spacial score (nSPS) is 20.6. The second-order valence-electron chi connectivity index (χ2n) is 9.54. The van der Waals surface area contributed by atoms with Gasteiger partial charge in [-0.1, -0.05) is 23.4 Å². The van der Waals surface area contributed by atoms with Crippen molar-refractivity contribution in [2.45, 2.75) is 19.3 Å². The average molecular weight is 475 g/mol. The predicted octanol–water partition coefficient (Wildman–Crippen LogP) is 3.86. The highest BCUT2D eigenvalue weighted by molar-refractivity contribution is 5.77. The predicted molar refractivity (Wildman–Crippen MR) is 137 cm³/mol. The second kappa shape index (κ2) is 11.0. The van der Waals surface area contributed by atoms with Crippen LogP contribution in [0.25, 0.3) is 11.3 Å². The van der Waals surface area contributed by atoms with Crippen molar-refractivity contribution < 1.29 is 14.1 Å². The summed E-state index contributed by atoms with van der Waals surface area (Å²) in [5.74, 6) is 2.59. The van der Waals surface area contributed by atoms with Crippen molar-refractivity contribution in [1.29, 1.82) is 0 Å². The fourth-order valence-electron chi connectivity index (χ4n) is 5.26. The number of aromatic nitrogens is 1. The summed E-state index contributed by atoms with van der Waals surface area (Å²) in [6.07, 6.45) is 2.44. The molecule has 35 heavy (non-hydrogen) atoms. The van der Waals surface area contributed by atoms with Crippen LogP contribution >= 0.6 is 0 Å². The molecule has 3 aromatic rings. The van der Waals surface area contributed by atoms with Gasteiger partial charge in [-0.3, -0.25) is 4.79 Å². The number of para-hydroxylation sites is 1. The lowest BCUT2D eigenvalue weighted by molar-refractivity contribution is -0.133. The van der Waals surface area contributed by atoms with E-state index in [1.165, 1.54) is 5.69 Å². The molecule has 0 radical (unpaired) electrons. The maximum absolute atomic E-state index is 13.2. The number of carbonyl (C=O) groups is 1. The monoisotopic (exact) mass is 474 g/mol. The first-order chi connectivity index (χ1) is 17.2. The summed E-state index contributed by atoms with van der Waals surface area (Å²) in [5.41, 5.74) is 3.16. The summed E-state index contributed by atoms with van der Waals surface area (Å²) >= 11 is 0. The number of hydrogen-bond donors (Lipinski definition) is 1. The molecule has 0 spiro atoms. The largest absolute Gasteiger partial charge is 0.497 e. The molecule has 1 amide bonds. The van der Waals surface area contributed by atoms with Gasteiger partial charge >= 0.3 is 0 Å². The Balaban J connectivity index is 1.16. The third-order valence-electron chi connectivity index (χ3n) is 7.36. The summed E-state index contributed by atoms with van der Waals surface area (Å²) < 4.78 is 10.9. The molecule has 0 bridgehead atoms. The van der Waals surface area contributed by atoms with E-state index >= 15 is 0 Å². The van der Waals surface area contributed by atoms with E-state index in [2.05, 4.69) is 44.5 Å². The second-order valence-corrected chi connectivity index (χ2v) is 9.54. The molecule has 1 N–H and O–H groups in total. The molecule has 0 saturated carbocycles. The fraction of sp³-hybridized carbons (Fsp3) is 0.429. The summed E-state index contributed by atoms with van der Waals surface area (Å²) in [6, 6.07) is 20.3. The Hall–Kier alpha value is -3.32. The minimum atomic E-state index is 0.286. The minimum Gasteiger partial charge on any atom is -0.497 e. The van der Waals surface area contributed by atoms with Crippen LogP contribution in [-0.4, -0.2) is 62.3 Å². The molecule has 2 fully saturated rings. The van der Waals surface area contributed by atoms with E-state index in [4.69, 9.17) is 9.26 Å². The molecule has 2 aliphatic heterocycles. The van der Waals surface area contributed by atoms with Crippen molar-refractivity contribution in [1.82, 2.24) is 15.4 Å². The van der Waals surface area contributed by atoms with Gasteiger partial charge in [-0.25, -0.2) is 0 Å². The standard InChI is InChI=1S/C28H34N4O3/c1-34-26-9-7-21(8-10-26)27-19-24(30-35-27)17-23-20-29-12-11-22(23)18-28(33)32-15-13-31(14-16-32)25-5-3-2-4-6-25/h2-10,19,22-23,29H,11-18,20H2,1H3. The SMILES string of the molecule is COc1ccc(-c2cc(CC3CNCCC3CC(=O)N3CCN(c4ccccc4)CC3)no2)cc1. The Kier molecular flexibility index (Phi) is 7.33. The Labute approximate surface area is 207 Å². The lowest BCUT2D eigenvalue weighted by atomic mass is 9.81. The number of nitrogens with one attached hydrogen (secondary N) is 1. The van der Waals surface area contributed by atoms with Crippen molar-refractivity contribution in [2.24, 2.45) is 11.8 Å². The molecule has 2 aromatic carbocycles. The van der Waals surface area contributed by atoms with E-state index in [0.29, 0.717) is 18.3 Å². The number of piperidine rings is 1. The van der Waals surface area contributed by atoms with Gasteiger partial charge in [-0.2, -0.15) is 0 Å². The smallest absolute Gasteiger partial charge is 0.222 e. The van der Waals surface area contributed by atoms with E-state index in [-0.39, 0.29) is 5.91 Å². The van der Waals surface area contributed by atoms with E-state index < -0.39 is 0 Å². The lowest BCUT2D eigenvalue weighted by Gasteiger charge is -2.38. The third kappa shape index (κ3) is 5.68. The molecule has 184 valence electrons. The van der Waals surface area contributed by atoms with E-state index in [1.807, 2.05) is 36.4 Å². The van der Waals surface area contributed by atoms with Crippen LogP contribution in [0.5, 0.6) is 5.75 Å². The van der Waals surface area contributed by atoms with Gasteiger partial charge in [0, 0.05) is 49.9 Å². The maximum Gasteiger partial charge on any atom is 0.222 e. The van der Waals surface area contributed by atoms with Crippen LogP contribution in [-0.2, 0) is 11.2 Å². The number of ether oxygens (including phenoxy) is 1. The highest BCUT2D eigenvalue weighted by Crippen LogP contribution is 2.29. The third-order valence-corrected chi connectivity index (χ3v) is 7.36. The minimum absolute atomic E-state index is 0.286. The van der Waals surface area contributed by atoms with Crippen LogP contribution < -0.4 is 15.0 Å². The fourth-order valence-corrected chi connectivity index (χ4v) is 5.26. The van der Waals surface area contributed by atoms with Gasteiger partial charge in [0.25, 0.3) is 0 Å². The molecule has 1 aromatic heterocycles. The van der Waals surface area contributed by atoms with E-state index in [9.17, 15) is 4.79 Å². The average Bonchev–Trinajstić information content (AvgIpc) is 3.39. The molecular formula is C28H34N4O3. The van der Waals surface area contributed by atoms with Crippen LogP contribution in [0.3, 0.4) is 0 Å². The van der Waals surface area contributed by atoms with Crippen LogP contribution in [0, 0.1) is 11.8 Å². The van der Waals surface area contributed by atoms with E-state index in [1.54, 1.807) is 7.11 Å². The number of anilines is 1. The molecule has 7 nitrogen and oxygen atoms in total. The summed E-state index contributed by atoms with van der Waals surface area (Å²) in [6.45, 7) is 5.23. The van der Waals surface area contributed by atoms with Crippen molar-refractivity contribution in [3.05, 3.63) is 66.4 Å². The molecule has 2 atom stereocenters. The summed E-state index contributed by atoms with van der Waals surface area (Å²) in [7, 11) is 1.66. The molecule has 2 saturated heterocycles. The quantitative estimate of drug-likeness (QED) is 0.561. The Morgan fingerprint density at radius 3 is 2.57 bits per heavy atom. The zero-order valence-electron chi connectivity index (χ0n) is 20.4. The molecule has 2 aliphatic rings. The first kappa shape index (κ1) is 23.4. The summed E-state index contributed by atoms with van der Waals surface area (Å²) in [5, 5.41) is 7.84. The highest BCUT2D eigenvalue weighted by atomic mass is 16.5. The lowest BCUT2D eigenvalue weighted by Crippen LogP contribution is -2.50. The zero-order chi connectivity index (χ0) is 24.0.